The Morgan fingerprint density at radius 3 is 0.933 bits per heavy atom. The Hall–Kier alpha value is -3.52. The van der Waals surface area contributed by atoms with Crippen molar-refractivity contribution in [3.63, 3.8) is 0 Å². The van der Waals surface area contributed by atoms with Gasteiger partial charge in [0, 0.05) is 23.2 Å². The molecule has 330 valence electrons. The molecule has 0 bridgehead atoms. The van der Waals surface area contributed by atoms with Gasteiger partial charge in [0.05, 0.1) is 0 Å². The lowest BCUT2D eigenvalue weighted by Gasteiger charge is -2.22. The van der Waals surface area contributed by atoms with E-state index in [-0.39, 0.29) is 0 Å². The van der Waals surface area contributed by atoms with E-state index in [1.165, 1.54) is 207 Å². The van der Waals surface area contributed by atoms with Crippen LogP contribution in [0.25, 0.3) is 0 Å². The average Bonchev–Trinajstić information content (AvgIpc) is 3.27. The molecule has 0 aliphatic carbocycles. The van der Waals surface area contributed by atoms with Crippen molar-refractivity contribution in [2.24, 2.45) is 0 Å². The van der Waals surface area contributed by atoms with Gasteiger partial charge < -0.3 is 11.5 Å². The summed E-state index contributed by atoms with van der Waals surface area (Å²) in [5, 5.41) is 0. The molecule has 0 heterocycles. The maximum absolute atomic E-state index is 6.15. The first-order valence-corrected chi connectivity index (χ1v) is 25.4. The van der Waals surface area contributed by atoms with Crippen LogP contribution in [0.1, 0.15) is 245 Å². The first-order chi connectivity index (χ1) is 29.5. The van der Waals surface area contributed by atoms with Gasteiger partial charge in [-0.1, -0.05) is 248 Å². The Kier molecular flexibility index (Phi) is 25.0. The van der Waals surface area contributed by atoms with Gasteiger partial charge in [0.1, 0.15) is 0 Å². The minimum Gasteiger partial charge on any atom is -0.399 e. The lowest BCUT2D eigenvalue weighted by molar-refractivity contribution is 0.539. The third-order valence-corrected chi connectivity index (χ3v) is 13.5. The molecule has 0 amide bonds. The minimum absolute atomic E-state index is 0.415. The van der Waals surface area contributed by atoms with Gasteiger partial charge >= 0.3 is 0 Å². The molecular weight excluding hydrogens is 725 g/mol. The Bertz CT molecular complexity index is 1600. The molecule has 3 unspecified atom stereocenters. The Morgan fingerprint density at radius 1 is 0.300 bits per heavy atom. The highest BCUT2D eigenvalue weighted by Gasteiger charge is 2.19. The largest absolute Gasteiger partial charge is 0.399 e. The predicted octanol–water partition coefficient (Wildman–Crippen LogP) is 18.0. The molecule has 2 heteroatoms. The van der Waals surface area contributed by atoms with Gasteiger partial charge in [-0.2, -0.15) is 0 Å². The predicted molar refractivity (Wildman–Crippen MR) is 266 cm³/mol. The zero-order valence-electron chi connectivity index (χ0n) is 38.9. The molecule has 2 nitrogen and oxygen atoms in total. The number of unbranched alkanes of at least 4 members (excludes halogenated alkanes) is 21. The third-order valence-electron chi connectivity index (χ3n) is 13.5. The van der Waals surface area contributed by atoms with Crippen LogP contribution in [0.15, 0.2) is 97.1 Å². The first kappa shape index (κ1) is 49.1. The van der Waals surface area contributed by atoms with E-state index in [9.17, 15) is 0 Å². The summed E-state index contributed by atoms with van der Waals surface area (Å²) in [6.45, 7) is 6.92. The van der Waals surface area contributed by atoms with Gasteiger partial charge in [0.2, 0.25) is 0 Å². The van der Waals surface area contributed by atoms with Gasteiger partial charge in [-0.25, -0.2) is 0 Å². The summed E-state index contributed by atoms with van der Waals surface area (Å²) in [6, 6.07) is 37.0. The second-order valence-corrected chi connectivity index (χ2v) is 18.5. The van der Waals surface area contributed by atoms with Crippen molar-refractivity contribution in [3.8, 4) is 0 Å². The van der Waals surface area contributed by atoms with Gasteiger partial charge in [-0.05, 0) is 89.2 Å². The van der Waals surface area contributed by atoms with Gasteiger partial charge in [0.15, 0.2) is 0 Å². The molecular formula is C58H88N2. The van der Waals surface area contributed by atoms with E-state index in [1.807, 2.05) is 0 Å². The molecule has 0 saturated carbocycles. The lowest BCUT2D eigenvalue weighted by Crippen LogP contribution is -2.07. The van der Waals surface area contributed by atoms with Crippen LogP contribution < -0.4 is 11.5 Å². The summed E-state index contributed by atoms with van der Waals surface area (Å²) in [5.41, 5.74) is 22.6. The monoisotopic (exact) mass is 813 g/mol. The van der Waals surface area contributed by atoms with Crippen LogP contribution in [0.4, 0.5) is 11.4 Å². The van der Waals surface area contributed by atoms with Crippen molar-refractivity contribution in [3.05, 3.63) is 130 Å². The molecule has 0 spiro atoms. The normalized spacial score (nSPS) is 13.1. The summed E-state index contributed by atoms with van der Waals surface area (Å²) in [6.07, 6.45) is 37.4. The highest BCUT2D eigenvalue weighted by Crippen LogP contribution is 2.35. The summed E-state index contributed by atoms with van der Waals surface area (Å²) in [5.74, 6) is 1.36. The molecule has 0 aliphatic rings. The van der Waals surface area contributed by atoms with Crippen LogP contribution in [0.3, 0.4) is 0 Å². The molecule has 3 atom stereocenters. The van der Waals surface area contributed by atoms with Crippen LogP contribution in [0, 0.1) is 0 Å². The molecule has 0 fully saturated rings. The molecule has 4 aromatic rings. The number of hydrogen-bond acceptors (Lipinski definition) is 2. The highest BCUT2D eigenvalue weighted by atomic mass is 14.5. The molecule has 0 saturated heterocycles. The van der Waals surface area contributed by atoms with Crippen molar-refractivity contribution in [2.45, 2.75) is 218 Å². The second kappa shape index (κ2) is 30.5. The minimum atomic E-state index is 0.415. The topological polar surface area (TPSA) is 52.0 Å². The van der Waals surface area contributed by atoms with Crippen molar-refractivity contribution < 1.29 is 0 Å². The first-order valence-electron chi connectivity index (χ1n) is 25.4. The van der Waals surface area contributed by atoms with Crippen molar-refractivity contribution in [2.75, 3.05) is 11.5 Å². The maximum Gasteiger partial charge on any atom is 0.0314 e. The van der Waals surface area contributed by atoms with E-state index in [0.717, 1.165) is 17.8 Å². The van der Waals surface area contributed by atoms with Gasteiger partial charge in [-0.3, -0.25) is 0 Å². The number of benzene rings is 4. The zero-order chi connectivity index (χ0) is 42.5. The fourth-order valence-corrected chi connectivity index (χ4v) is 9.56. The Morgan fingerprint density at radius 2 is 0.567 bits per heavy atom. The summed E-state index contributed by atoms with van der Waals surface area (Å²) >= 11 is 0. The van der Waals surface area contributed by atoms with Crippen LogP contribution in [-0.4, -0.2) is 0 Å². The van der Waals surface area contributed by atoms with Crippen LogP contribution in [-0.2, 0) is 6.42 Å². The van der Waals surface area contributed by atoms with E-state index in [4.69, 9.17) is 11.5 Å². The molecule has 4 aromatic carbocycles. The summed E-state index contributed by atoms with van der Waals surface area (Å²) < 4.78 is 0. The number of anilines is 2. The van der Waals surface area contributed by atoms with Crippen molar-refractivity contribution >= 4 is 11.4 Å². The van der Waals surface area contributed by atoms with E-state index >= 15 is 0 Å². The zero-order valence-corrected chi connectivity index (χ0v) is 38.9. The molecule has 0 aliphatic heterocycles. The quantitative estimate of drug-likeness (QED) is 0.0365. The number of hydrogen-bond donors (Lipinski definition) is 2. The Balaban J connectivity index is 1.40. The van der Waals surface area contributed by atoms with E-state index in [2.05, 4.69) is 118 Å². The van der Waals surface area contributed by atoms with E-state index in [1.54, 1.807) is 0 Å². The van der Waals surface area contributed by atoms with Gasteiger partial charge in [-0.15, -0.1) is 0 Å². The number of nitrogen functional groups attached to an aromatic ring is 2. The molecule has 4 N–H and O–H groups in total. The van der Waals surface area contributed by atoms with Crippen LogP contribution in [0.5, 0.6) is 0 Å². The maximum atomic E-state index is 6.15. The SMILES string of the molecule is CCCCCCCCCCCCC(c1ccc(N)cc1)c1ccc(CC(CCCCCC)c2ccc(C(CCCCCCCCCCCC)c3ccc(N)cc3)cc2)cc1. The van der Waals surface area contributed by atoms with Crippen molar-refractivity contribution in [1.29, 1.82) is 0 Å². The molecule has 0 radical (unpaired) electrons. The fraction of sp³-hybridized carbons (Fsp3) is 0.586. The smallest absolute Gasteiger partial charge is 0.0314 e. The molecule has 0 aromatic heterocycles. The average molecular weight is 813 g/mol. The lowest BCUT2D eigenvalue weighted by atomic mass is 9.82. The van der Waals surface area contributed by atoms with Crippen LogP contribution >= 0.6 is 0 Å². The standard InChI is InChI=1S/C58H88N2/c1-4-7-10-13-15-17-19-21-23-26-29-57(52-39-43-55(59)44-40-52)50-33-31-48(32-34-50)47-54(28-25-12-9-6-3)49-35-37-51(38-36-49)58(53-41-45-56(60)46-42-53)30-27-24-22-20-18-16-14-11-8-5-2/h31-46,54,57-58H,4-30,47,59-60H2,1-3H3. The van der Waals surface area contributed by atoms with E-state index in [0.29, 0.717) is 17.8 Å². The summed E-state index contributed by atoms with van der Waals surface area (Å²) in [4.78, 5) is 0. The van der Waals surface area contributed by atoms with Gasteiger partial charge in [0.25, 0.3) is 0 Å². The third kappa shape index (κ3) is 19.0. The highest BCUT2D eigenvalue weighted by molar-refractivity contribution is 5.44. The molecule has 4 rings (SSSR count). The number of rotatable bonds is 34. The number of nitrogens with two attached hydrogens (primary N) is 2. The molecule has 60 heavy (non-hydrogen) atoms. The van der Waals surface area contributed by atoms with Crippen molar-refractivity contribution in [1.82, 2.24) is 0 Å². The Labute approximate surface area is 370 Å². The summed E-state index contributed by atoms with van der Waals surface area (Å²) in [7, 11) is 0. The fourth-order valence-electron chi connectivity index (χ4n) is 9.56. The van der Waals surface area contributed by atoms with E-state index < -0.39 is 0 Å². The second-order valence-electron chi connectivity index (χ2n) is 18.5. The van der Waals surface area contributed by atoms with Crippen LogP contribution in [0.2, 0.25) is 0 Å².